The van der Waals surface area contributed by atoms with Gasteiger partial charge in [-0.2, -0.15) is 0 Å². The van der Waals surface area contributed by atoms with Gasteiger partial charge in [0.2, 0.25) is 0 Å². The highest BCUT2D eigenvalue weighted by Crippen LogP contribution is 2.57. The van der Waals surface area contributed by atoms with Crippen LogP contribution in [0, 0.1) is 0 Å². The second kappa shape index (κ2) is 14.9. The predicted octanol–water partition coefficient (Wildman–Crippen LogP) is 17.0. The average Bonchev–Trinajstić information content (AvgIpc) is 3.85. The van der Waals surface area contributed by atoms with Crippen LogP contribution >= 0.6 is 11.3 Å². The first-order valence-electron chi connectivity index (χ1n) is 24.6. The minimum atomic E-state index is -0.283. The molecule has 1 aliphatic carbocycles. The Balaban J connectivity index is 1.22. The lowest BCUT2D eigenvalue weighted by Crippen LogP contribution is -2.63. The number of thiophene rings is 1. The number of anilines is 5. The molecule has 0 amide bonds. The van der Waals surface area contributed by atoms with Gasteiger partial charge >= 0.3 is 6.85 Å². The van der Waals surface area contributed by atoms with E-state index >= 15 is 0 Å². The zero-order valence-corrected chi connectivity index (χ0v) is 41.6. The van der Waals surface area contributed by atoms with Gasteiger partial charge in [-0.25, -0.2) is 0 Å². The summed E-state index contributed by atoms with van der Waals surface area (Å²) in [6.07, 6.45) is 0. The van der Waals surface area contributed by atoms with Gasteiger partial charge in [0, 0.05) is 65.0 Å². The molecular weight excluding hydrogens is 852 g/mol. The molecule has 0 atom stereocenters. The molecule has 2 nitrogen and oxygen atoms in total. The van der Waals surface area contributed by atoms with E-state index in [0.717, 1.165) is 0 Å². The van der Waals surface area contributed by atoms with Gasteiger partial charge in [0.15, 0.2) is 0 Å². The molecule has 3 aliphatic rings. The second-order valence-electron chi connectivity index (χ2n) is 22.1. The topological polar surface area (TPSA) is 6.48 Å². The Morgan fingerprint density at radius 3 is 1.83 bits per heavy atom. The minimum absolute atomic E-state index is 0.0128. The van der Waals surface area contributed by atoms with Crippen molar-refractivity contribution in [2.24, 2.45) is 0 Å². The zero-order valence-electron chi connectivity index (χ0n) is 40.8. The molecule has 334 valence electrons. The van der Waals surface area contributed by atoms with Crippen molar-refractivity contribution in [3.63, 3.8) is 0 Å². The summed E-state index contributed by atoms with van der Waals surface area (Å²) >= 11 is 1.95. The molecule has 4 heteroatoms. The highest BCUT2D eigenvalue weighted by Gasteiger charge is 2.51. The van der Waals surface area contributed by atoms with Crippen molar-refractivity contribution >= 4 is 77.7 Å². The standard InChI is InChI=1S/C65H55BN2S/c1-63(2,3)43-28-31-45(32-29-43)68-55-37-42(40-19-11-9-12-20-40)27-33-49(55)58-60-56(39-51-47-24-16-18-26-57(47)69-62(51)58)67(53-35-30-44(64(4,5)6)38-50(53)41-21-13-10-14-22-41)54-36-34-48-46-23-15-17-25-52(46)65(7,8)59(48)61(54)66(60)68/h9-39H,1-8H3. The molecule has 0 N–H and O–H groups in total. The SMILES string of the molecule is CC(C)(C)c1ccc(N2B3c4c(ccc5c4C(C)(C)c4ccccc4-5)N(c4ccc(C(C)(C)C)cc4-c4ccccc4)c4cc5c(sc6ccccc65)c(c43)-c3ccc(-c4ccccc4)cc32)cc1. The van der Waals surface area contributed by atoms with Crippen LogP contribution in [0.3, 0.4) is 0 Å². The number of benzene rings is 9. The molecule has 69 heavy (non-hydrogen) atoms. The summed E-state index contributed by atoms with van der Waals surface area (Å²) in [5, 5.41) is 2.61. The number of hydrogen-bond acceptors (Lipinski definition) is 3. The average molecular weight is 907 g/mol. The molecular formula is C65H55BN2S. The summed E-state index contributed by atoms with van der Waals surface area (Å²) < 4.78 is 2.66. The van der Waals surface area contributed by atoms with E-state index in [1.54, 1.807) is 0 Å². The fraction of sp³-hybridized carbons (Fsp3) is 0.169. The molecule has 2 aliphatic heterocycles. The molecule has 0 saturated heterocycles. The van der Waals surface area contributed by atoms with Gasteiger partial charge in [0.25, 0.3) is 0 Å². The number of nitrogens with zero attached hydrogens (tertiary/aromatic N) is 2. The molecule has 9 aromatic carbocycles. The van der Waals surface area contributed by atoms with Gasteiger partial charge in [-0.15, -0.1) is 11.3 Å². The van der Waals surface area contributed by atoms with E-state index in [9.17, 15) is 0 Å². The third-order valence-electron chi connectivity index (χ3n) is 15.5. The Hall–Kier alpha value is -7.14. The van der Waals surface area contributed by atoms with Gasteiger partial charge in [-0.3, -0.25) is 0 Å². The summed E-state index contributed by atoms with van der Waals surface area (Å²) in [6, 6.07) is 71.8. The molecule has 0 unspecified atom stereocenters. The second-order valence-corrected chi connectivity index (χ2v) is 23.2. The van der Waals surface area contributed by atoms with Crippen LogP contribution in [0.5, 0.6) is 0 Å². The largest absolute Gasteiger partial charge is 0.376 e. The van der Waals surface area contributed by atoms with E-state index in [0.29, 0.717) is 0 Å². The Bertz CT molecular complexity index is 3720. The van der Waals surface area contributed by atoms with Crippen molar-refractivity contribution in [1.29, 1.82) is 0 Å². The summed E-state index contributed by atoms with van der Waals surface area (Å²) in [7, 11) is 0. The van der Waals surface area contributed by atoms with Crippen molar-refractivity contribution in [2.45, 2.75) is 71.6 Å². The van der Waals surface area contributed by atoms with E-state index in [-0.39, 0.29) is 23.1 Å². The van der Waals surface area contributed by atoms with Crippen LogP contribution in [0.4, 0.5) is 28.4 Å². The third-order valence-corrected chi connectivity index (χ3v) is 16.7. The first-order valence-corrected chi connectivity index (χ1v) is 25.4. The summed E-state index contributed by atoms with van der Waals surface area (Å²) in [4.78, 5) is 5.41. The van der Waals surface area contributed by atoms with E-state index in [1.807, 2.05) is 11.3 Å². The minimum Gasteiger partial charge on any atom is -0.376 e. The highest BCUT2D eigenvalue weighted by molar-refractivity contribution is 7.26. The predicted molar refractivity (Wildman–Crippen MR) is 299 cm³/mol. The normalized spacial score (nSPS) is 14.4. The Morgan fingerprint density at radius 2 is 1.09 bits per heavy atom. The van der Waals surface area contributed by atoms with Crippen LogP contribution in [0.25, 0.3) is 64.7 Å². The fourth-order valence-corrected chi connectivity index (χ4v) is 13.4. The quantitative estimate of drug-likeness (QED) is 0.162. The van der Waals surface area contributed by atoms with E-state index in [4.69, 9.17) is 0 Å². The summed E-state index contributed by atoms with van der Waals surface area (Å²) in [5.41, 5.74) is 24.1. The molecule has 0 spiro atoms. The highest BCUT2D eigenvalue weighted by atomic mass is 32.1. The van der Waals surface area contributed by atoms with E-state index in [1.165, 1.54) is 126 Å². The fourth-order valence-electron chi connectivity index (χ4n) is 12.1. The van der Waals surface area contributed by atoms with Crippen molar-refractivity contribution < 1.29 is 0 Å². The van der Waals surface area contributed by atoms with Crippen LogP contribution in [0.1, 0.15) is 77.6 Å². The van der Waals surface area contributed by atoms with Gasteiger partial charge in [0.05, 0.1) is 5.69 Å². The summed E-state index contributed by atoms with van der Waals surface area (Å²) in [6.45, 7) is 18.7. The first-order chi connectivity index (χ1) is 33.3. The first kappa shape index (κ1) is 42.0. The lowest BCUT2D eigenvalue weighted by Gasteiger charge is -2.48. The Kier molecular flexibility index (Phi) is 9.09. The maximum atomic E-state index is 2.73. The maximum absolute atomic E-state index is 2.73. The molecule has 10 aromatic rings. The van der Waals surface area contributed by atoms with Gasteiger partial charge < -0.3 is 9.71 Å². The lowest BCUT2D eigenvalue weighted by atomic mass is 9.41. The molecule has 0 saturated carbocycles. The van der Waals surface area contributed by atoms with E-state index < -0.39 is 0 Å². The van der Waals surface area contributed by atoms with Crippen molar-refractivity contribution in [2.75, 3.05) is 9.71 Å². The lowest BCUT2D eigenvalue weighted by molar-refractivity contribution is 0.590. The van der Waals surface area contributed by atoms with Crippen molar-refractivity contribution in [3.8, 4) is 44.5 Å². The molecule has 0 radical (unpaired) electrons. The summed E-state index contributed by atoms with van der Waals surface area (Å²) in [5.74, 6) is 0. The van der Waals surface area contributed by atoms with Gasteiger partial charge in [-0.1, -0.05) is 195 Å². The number of fused-ring (bicyclic) bond motifs is 12. The van der Waals surface area contributed by atoms with Crippen molar-refractivity contribution in [1.82, 2.24) is 0 Å². The smallest absolute Gasteiger partial charge is 0.333 e. The Morgan fingerprint density at radius 1 is 0.449 bits per heavy atom. The maximum Gasteiger partial charge on any atom is 0.333 e. The van der Waals surface area contributed by atoms with Crippen LogP contribution in [-0.2, 0) is 16.2 Å². The zero-order chi connectivity index (χ0) is 47.1. The third kappa shape index (κ3) is 6.24. The van der Waals surface area contributed by atoms with Crippen LogP contribution in [0.15, 0.2) is 188 Å². The van der Waals surface area contributed by atoms with Gasteiger partial charge in [-0.05, 0) is 120 Å². The van der Waals surface area contributed by atoms with Crippen LogP contribution < -0.4 is 20.6 Å². The van der Waals surface area contributed by atoms with Crippen molar-refractivity contribution in [3.05, 3.63) is 210 Å². The number of rotatable bonds is 4. The Labute approximate surface area is 411 Å². The molecule has 0 fully saturated rings. The molecule has 3 heterocycles. The molecule has 13 rings (SSSR count). The van der Waals surface area contributed by atoms with Crippen LogP contribution in [0.2, 0.25) is 0 Å². The van der Waals surface area contributed by atoms with Gasteiger partial charge in [0.1, 0.15) is 0 Å². The monoisotopic (exact) mass is 906 g/mol. The van der Waals surface area contributed by atoms with E-state index in [2.05, 4.69) is 253 Å². The molecule has 1 aromatic heterocycles. The molecule has 0 bridgehead atoms. The number of hydrogen-bond donors (Lipinski definition) is 0. The van der Waals surface area contributed by atoms with Crippen LogP contribution in [-0.4, -0.2) is 6.85 Å².